The number of carbonyl (C=O) groups is 1. The second-order valence-corrected chi connectivity index (χ2v) is 2.97. The zero-order valence-corrected chi connectivity index (χ0v) is 8.03. The molecule has 1 amide bonds. The standard InChI is InChI=1S/C10H14N2O2/c1-2-12-10(14)9(11)7-4-3-5-8(13)6-7/h3-6,9,13H,2,11H2,1H3,(H,12,14). The molecule has 4 N–H and O–H groups in total. The lowest BCUT2D eigenvalue weighted by atomic mass is 10.1. The van der Waals surface area contributed by atoms with Gasteiger partial charge in [-0.15, -0.1) is 0 Å². The van der Waals surface area contributed by atoms with E-state index in [0.717, 1.165) is 0 Å². The van der Waals surface area contributed by atoms with Gasteiger partial charge in [0.15, 0.2) is 0 Å². The van der Waals surface area contributed by atoms with Gasteiger partial charge in [0.1, 0.15) is 11.8 Å². The molecule has 0 aromatic heterocycles. The molecule has 14 heavy (non-hydrogen) atoms. The summed E-state index contributed by atoms with van der Waals surface area (Å²) in [4.78, 5) is 11.3. The van der Waals surface area contributed by atoms with E-state index in [4.69, 9.17) is 5.73 Å². The maximum Gasteiger partial charge on any atom is 0.241 e. The van der Waals surface area contributed by atoms with Crippen LogP contribution in [0.5, 0.6) is 5.75 Å². The van der Waals surface area contributed by atoms with E-state index in [2.05, 4.69) is 5.32 Å². The van der Waals surface area contributed by atoms with E-state index in [9.17, 15) is 9.90 Å². The quantitative estimate of drug-likeness (QED) is 0.657. The third kappa shape index (κ3) is 2.47. The fourth-order valence-corrected chi connectivity index (χ4v) is 1.15. The van der Waals surface area contributed by atoms with E-state index in [0.29, 0.717) is 12.1 Å². The Balaban J connectivity index is 2.78. The highest BCUT2D eigenvalue weighted by atomic mass is 16.3. The van der Waals surface area contributed by atoms with E-state index in [-0.39, 0.29) is 11.7 Å². The Morgan fingerprint density at radius 1 is 1.64 bits per heavy atom. The van der Waals surface area contributed by atoms with E-state index in [1.165, 1.54) is 12.1 Å². The number of phenolic OH excluding ortho intramolecular Hbond substituents is 1. The van der Waals surface area contributed by atoms with Gasteiger partial charge in [-0.05, 0) is 24.6 Å². The van der Waals surface area contributed by atoms with Gasteiger partial charge < -0.3 is 16.2 Å². The third-order valence-corrected chi connectivity index (χ3v) is 1.86. The summed E-state index contributed by atoms with van der Waals surface area (Å²) in [5, 5.41) is 11.8. The summed E-state index contributed by atoms with van der Waals surface area (Å²) in [6, 6.07) is 5.67. The summed E-state index contributed by atoms with van der Waals surface area (Å²) >= 11 is 0. The van der Waals surface area contributed by atoms with Crippen molar-refractivity contribution in [2.24, 2.45) is 5.73 Å². The minimum absolute atomic E-state index is 0.113. The number of phenols is 1. The molecule has 1 unspecified atom stereocenters. The summed E-state index contributed by atoms with van der Waals surface area (Å²) in [6.07, 6.45) is 0. The number of carbonyl (C=O) groups excluding carboxylic acids is 1. The van der Waals surface area contributed by atoms with Gasteiger partial charge in [0.05, 0.1) is 0 Å². The van der Waals surface area contributed by atoms with Crippen molar-refractivity contribution < 1.29 is 9.90 Å². The topological polar surface area (TPSA) is 75.4 Å². The van der Waals surface area contributed by atoms with Gasteiger partial charge in [-0.25, -0.2) is 0 Å². The Labute approximate surface area is 82.7 Å². The number of aromatic hydroxyl groups is 1. The molecule has 0 bridgehead atoms. The lowest BCUT2D eigenvalue weighted by Crippen LogP contribution is -2.33. The highest BCUT2D eigenvalue weighted by molar-refractivity contribution is 5.82. The number of nitrogens with two attached hydrogens (primary N) is 1. The number of amides is 1. The average molecular weight is 194 g/mol. The molecule has 4 heteroatoms. The van der Waals surface area contributed by atoms with Crippen molar-refractivity contribution in [3.05, 3.63) is 29.8 Å². The summed E-state index contributed by atoms with van der Waals surface area (Å²) in [6.45, 7) is 2.37. The first-order chi connectivity index (χ1) is 6.65. The van der Waals surface area contributed by atoms with Crippen LogP contribution >= 0.6 is 0 Å². The van der Waals surface area contributed by atoms with Gasteiger partial charge >= 0.3 is 0 Å². The van der Waals surface area contributed by atoms with Crippen LogP contribution in [0.25, 0.3) is 0 Å². The van der Waals surface area contributed by atoms with E-state index < -0.39 is 6.04 Å². The smallest absolute Gasteiger partial charge is 0.241 e. The summed E-state index contributed by atoms with van der Waals surface area (Å²) in [5.74, 6) is -0.125. The van der Waals surface area contributed by atoms with Crippen molar-refractivity contribution in [3.8, 4) is 5.75 Å². The molecule has 0 aliphatic carbocycles. The average Bonchev–Trinajstić information content (AvgIpc) is 2.17. The number of rotatable bonds is 3. The molecule has 76 valence electrons. The van der Waals surface area contributed by atoms with Gasteiger partial charge in [-0.2, -0.15) is 0 Å². The molecule has 0 aliphatic rings. The fraction of sp³-hybridized carbons (Fsp3) is 0.300. The number of nitrogens with one attached hydrogen (secondary N) is 1. The third-order valence-electron chi connectivity index (χ3n) is 1.86. The Hall–Kier alpha value is -1.55. The number of hydrogen-bond acceptors (Lipinski definition) is 3. The second-order valence-electron chi connectivity index (χ2n) is 2.97. The zero-order chi connectivity index (χ0) is 10.6. The van der Waals surface area contributed by atoms with Crippen LogP contribution in [0, 0.1) is 0 Å². The van der Waals surface area contributed by atoms with Gasteiger partial charge in [0, 0.05) is 6.54 Å². The van der Waals surface area contributed by atoms with Crippen molar-refractivity contribution in [3.63, 3.8) is 0 Å². The molecule has 0 radical (unpaired) electrons. The Bertz CT molecular complexity index is 326. The lowest BCUT2D eigenvalue weighted by molar-refractivity contribution is -0.122. The van der Waals surface area contributed by atoms with Crippen molar-refractivity contribution in [1.82, 2.24) is 5.32 Å². The Morgan fingerprint density at radius 2 is 2.36 bits per heavy atom. The lowest BCUT2D eigenvalue weighted by Gasteiger charge is -2.11. The number of hydrogen-bond donors (Lipinski definition) is 3. The molecule has 0 saturated carbocycles. The summed E-state index contributed by atoms with van der Waals surface area (Å²) in [7, 11) is 0. The fourth-order valence-electron chi connectivity index (χ4n) is 1.15. The molecule has 0 heterocycles. The first-order valence-electron chi connectivity index (χ1n) is 4.47. The van der Waals surface area contributed by atoms with Gasteiger partial charge in [0.25, 0.3) is 0 Å². The van der Waals surface area contributed by atoms with Crippen LogP contribution in [-0.4, -0.2) is 17.6 Å². The van der Waals surface area contributed by atoms with Crippen molar-refractivity contribution in [1.29, 1.82) is 0 Å². The van der Waals surface area contributed by atoms with Crippen LogP contribution in [0.2, 0.25) is 0 Å². The molecule has 0 aliphatic heterocycles. The number of likely N-dealkylation sites (N-methyl/N-ethyl adjacent to an activating group) is 1. The van der Waals surface area contributed by atoms with Gasteiger partial charge in [-0.1, -0.05) is 12.1 Å². The first kappa shape index (κ1) is 10.5. The van der Waals surface area contributed by atoms with Crippen LogP contribution in [-0.2, 0) is 4.79 Å². The first-order valence-corrected chi connectivity index (χ1v) is 4.47. The molecular weight excluding hydrogens is 180 g/mol. The maximum absolute atomic E-state index is 11.3. The molecule has 4 nitrogen and oxygen atoms in total. The molecule has 0 spiro atoms. The van der Waals surface area contributed by atoms with Gasteiger partial charge in [0.2, 0.25) is 5.91 Å². The second kappa shape index (κ2) is 4.62. The zero-order valence-electron chi connectivity index (χ0n) is 8.03. The maximum atomic E-state index is 11.3. The molecule has 1 rings (SSSR count). The van der Waals surface area contributed by atoms with Crippen LogP contribution in [0.15, 0.2) is 24.3 Å². The minimum Gasteiger partial charge on any atom is -0.508 e. The molecule has 0 saturated heterocycles. The highest BCUT2D eigenvalue weighted by Crippen LogP contribution is 2.16. The van der Waals surface area contributed by atoms with Crippen LogP contribution in [0.4, 0.5) is 0 Å². The van der Waals surface area contributed by atoms with E-state index in [1.807, 2.05) is 6.92 Å². The van der Waals surface area contributed by atoms with Crippen molar-refractivity contribution >= 4 is 5.91 Å². The number of benzene rings is 1. The predicted molar refractivity (Wildman–Crippen MR) is 53.7 cm³/mol. The molecule has 0 fully saturated rings. The largest absolute Gasteiger partial charge is 0.508 e. The summed E-state index contributed by atoms with van der Waals surface area (Å²) < 4.78 is 0. The van der Waals surface area contributed by atoms with Crippen LogP contribution < -0.4 is 11.1 Å². The molecule has 1 atom stereocenters. The van der Waals surface area contributed by atoms with Crippen molar-refractivity contribution in [2.75, 3.05) is 6.54 Å². The normalized spacial score (nSPS) is 12.1. The van der Waals surface area contributed by atoms with Crippen molar-refractivity contribution in [2.45, 2.75) is 13.0 Å². The monoisotopic (exact) mass is 194 g/mol. The van der Waals surface area contributed by atoms with E-state index >= 15 is 0 Å². The predicted octanol–water partition coefficient (Wildman–Crippen LogP) is 0.528. The highest BCUT2D eigenvalue weighted by Gasteiger charge is 2.14. The molecule has 1 aromatic rings. The SMILES string of the molecule is CCNC(=O)C(N)c1cccc(O)c1. The Morgan fingerprint density at radius 3 is 2.93 bits per heavy atom. The summed E-state index contributed by atoms with van der Waals surface area (Å²) in [5.41, 5.74) is 6.28. The molecular formula is C10H14N2O2. The van der Waals surface area contributed by atoms with Crippen LogP contribution in [0.1, 0.15) is 18.5 Å². The van der Waals surface area contributed by atoms with Crippen LogP contribution in [0.3, 0.4) is 0 Å². The Kier molecular flexibility index (Phi) is 3.48. The van der Waals surface area contributed by atoms with E-state index in [1.54, 1.807) is 12.1 Å². The van der Waals surface area contributed by atoms with Gasteiger partial charge in [-0.3, -0.25) is 4.79 Å². The minimum atomic E-state index is -0.720. The molecule has 1 aromatic carbocycles.